The SMILES string of the molecule is CCC1CCC(n2cc(C)nc2NC(C)C)CC1. The second-order valence-corrected chi connectivity index (χ2v) is 5.99. The van der Waals surface area contributed by atoms with E-state index in [1.165, 1.54) is 32.1 Å². The number of imidazole rings is 1. The van der Waals surface area contributed by atoms with Gasteiger partial charge in [0.15, 0.2) is 0 Å². The third-order valence-corrected chi connectivity index (χ3v) is 4.06. The zero-order valence-corrected chi connectivity index (χ0v) is 12.2. The van der Waals surface area contributed by atoms with Crippen LogP contribution in [0.15, 0.2) is 6.20 Å². The van der Waals surface area contributed by atoms with Crippen LogP contribution in [0.3, 0.4) is 0 Å². The summed E-state index contributed by atoms with van der Waals surface area (Å²) in [5.41, 5.74) is 1.12. The van der Waals surface area contributed by atoms with E-state index in [0.29, 0.717) is 12.1 Å². The van der Waals surface area contributed by atoms with Crippen molar-refractivity contribution in [3.63, 3.8) is 0 Å². The predicted molar refractivity (Wildman–Crippen MR) is 77.0 cm³/mol. The maximum absolute atomic E-state index is 4.62. The Kier molecular flexibility index (Phi) is 4.31. The van der Waals surface area contributed by atoms with Gasteiger partial charge in [0.25, 0.3) is 0 Å². The molecule has 18 heavy (non-hydrogen) atoms. The Labute approximate surface area is 111 Å². The van der Waals surface area contributed by atoms with Crippen LogP contribution >= 0.6 is 0 Å². The van der Waals surface area contributed by atoms with E-state index in [0.717, 1.165) is 17.6 Å². The normalized spacial score (nSPS) is 24.5. The van der Waals surface area contributed by atoms with E-state index in [2.05, 4.69) is 48.8 Å². The minimum absolute atomic E-state index is 0.442. The van der Waals surface area contributed by atoms with Crippen molar-refractivity contribution >= 4 is 5.95 Å². The lowest BCUT2D eigenvalue weighted by Crippen LogP contribution is -2.21. The average molecular weight is 249 g/mol. The van der Waals surface area contributed by atoms with Crippen LogP contribution in [0.5, 0.6) is 0 Å². The van der Waals surface area contributed by atoms with Gasteiger partial charge in [-0.05, 0) is 52.4 Å². The fourth-order valence-corrected chi connectivity index (χ4v) is 2.99. The van der Waals surface area contributed by atoms with Gasteiger partial charge in [-0.25, -0.2) is 4.98 Å². The van der Waals surface area contributed by atoms with E-state index in [1.807, 2.05) is 0 Å². The summed E-state index contributed by atoms with van der Waals surface area (Å²) in [6, 6.07) is 1.09. The topological polar surface area (TPSA) is 29.9 Å². The zero-order chi connectivity index (χ0) is 13.1. The van der Waals surface area contributed by atoms with Gasteiger partial charge in [0, 0.05) is 18.3 Å². The molecule has 1 saturated carbocycles. The molecule has 0 bridgehead atoms. The number of nitrogens with zero attached hydrogens (tertiary/aromatic N) is 2. The monoisotopic (exact) mass is 249 g/mol. The minimum atomic E-state index is 0.442. The van der Waals surface area contributed by atoms with Crippen molar-refractivity contribution in [1.82, 2.24) is 9.55 Å². The Hall–Kier alpha value is -0.990. The molecule has 0 aromatic carbocycles. The maximum Gasteiger partial charge on any atom is 0.203 e. The van der Waals surface area contributed by atoms with Gasteiger partial charge in [0.2, 0.25) is 5.95 Å². The highest BCUT2D eigenvalue weighted by atomic mass is 15.2. The summed E-state index contributed by atoms with van der Waals surface area (Å²) < 4.78 is 2.38. The molecule has 0 atom stereocenters. The molecule has 0 saturated heterocycles. The van der Waals surface area contributed by atoms with E-state index in [-0.39, 0.29) is 0 Å². The first-order chi connectivity index (χ1) is 8.60. The Bertz CT molecular complexity index is 373. The molecule has 2 rings (SSSR count). The van der Waals surface area contributed by atoms with Gasteiger partial charge < -0.3 is 9.88 Å². The Morgan fingerprint density at radius 3 is 2.56 bits per heavy atom. The quantitative estimate of drug-likeness (QED) is 0.868. The highest BCUT2D eigenvalue weighted by Crippen LogP contribution is 2.35. The van der Waals surface area contributed by atoms with Crippen molar-refractivity contribution in [2.45, 2.75) is 71.9 Å². The van der Waals surface area contributed by atoms with Crippen molar-refractivity contribution in [2.24, 2.45) is 5.92 Å². The third-order valence-electron chi connectivity index (χ3n) is 4.06. The van der Waals surface area contributed by atoms with Gasteiger partial charge in [-0.2, -0.15) is 0 Å². The predicted octanol–water partition coefficient (Wildman–Crippen LogP) is 4.15. The number of hydrogen-bond acceptors (Lipinski definition) is 2. The van der Waals surface area contributed by atoms with Gasteiger partial charge in [-0.1, -0.05) is 13.3 Å². The summed E-state index contributed by atoms with van der Waals surface area (Å²) >= 11 is 0. The first-order valence-corrected chi connectivity index (χ1v) is 7.42. The van der Waals surface area contributed by atoms with Crippen LogP contribution < -0.4 is 5.32 Å². The lowest BCUT2D eigenvalue weighted by Gasteiger charge is -2.30. The Morgan fingerprint density at radius 2 is 2.00 bits per heavy atom. The van der Waals surface area contributed by atoms with Gasteiger partial charge >= 0.3 is 0 Å². The van der Waals surface area contributed by atoms with E-state index in [1.54, 1.807) is 0 Å². The van der Waals surface area contributed by atoms with Crippen LogP contribution in [-0.4, -0.2) is 15.6 Å². The molecular weight excluding hydrogens is 222 g/mol. The van der Waals surface area contributed by atoms with Crippen LogP contribution in [0, 0.1) is 12.8 Å². The molecule has 0 radical (unpaired) electrons. The van der Waals surface area contributed by atoms with E-state index < -0.39 is 0 Å². The van der Waals surface area contributed by atoms with E-state index >= 15 is 0 Å². The first-order valence-electron chi connectivity index (χ1n) is 7.42. The second kappa shape index (κ2) is 5.77. The van der Waals surface area contributed by atoms with E-state index in [9.17, 15) is 0 Å². The Balaban J connectivity index is 2.08. The molecule has 1 fully saturated rings. The van der Waals surface area contributed by atoms with Crippen molar-refractivity contribution in [2.75, 3.05) is 5.32 Å². The molecule has 1 aromatic heterocycles. The number of rotatable bonds is 4. The third kappa shape index (κ3) is 3.06. The van der Waals surface area contributed by atoms with Gasteiger partial charge in [-0.15, -0.1) is 0 Å². The van der Waals surface area contributed by atoms with Crippen LogP contribution in [0.25, 0.3) is 0 Å². The summed E-state index contributed by atoms with van der Waals surface area (Å²) in [6.45, 7) is 8.74. The van der Waals surface area contributed by atoms with Crippen LogP contribution in [0.4, 0.5) is 5.95 Å². The smallest absolute Gasteiger partial charge is 0.203 e. The van der Waals surface area contributed by atoms with Crippen LogP contribution in [0.1, 0.15) is 64.6 Å². The molecule has 0 spiro atoms. The number of nitrogens with one attached hydrogen (secondary N) is 1. The largest absolute Gasteiger partial charge is 0.353 e. The molecule has 1 aliphatic carbocycles. The van der Waals surface area contributed by atoms with Gasteiger partial charge in [0.05, 0.1) is 5.69 Å². The molecular formula is C15H27N3. The van der Waals surface area contributed by atoms with Crippen LogP contribution in [-0.2, 0) is 0 Å². The highest BCUT2D eigenvalue weighted by Gasteiger charge is 2.23. The second-order valence-electron chi connectivity index (χ2n) is 5.99. The van der Waals surface area contributed by atoms with Crippen molar-refractivity contribution in [3.05, 3.63) is 11.9 Å². The molecule has 1 aromatic rings. The minimum Gasteiger partial charge on any atom is -0.353 e. The standard InChI is InChI=1S/C15H27N3/c1-5-13-6-8-14(9-7-13)18-10-12(4)17-15(18)16-11(2)3/h10-11,13-14H,5-9H2,1-4H3,(H,16,17). The summed E-state index contributed by atoms with van der Waals surface area (Å²) in [5.74, 6) is 2.01. The molecule has 0 unspecified atom stereocenters. The fourth-order valence-electron chi connectivity index (χ4n) is 2.99. The summed E-state index contributed by atoms with van der Waals surface area (Å²) in [5, 5.41) is 3.47. The average Bonchev–Trinajstić information content (AvgIpc) is 2.69. The fraction of sp³-hybridized carbons (Fsp3) is 0.800. The Morgan fingerprint density at radius 1 is 1.33 bits per heavy atom. The number of aryl methyl sites for hydroxylation is 1. The molecule has 1 heterocycles. The summed E-state index contributed by atoms with van der Waals surface area (Å²) in [7, 11) is 0. The number of hydrogen-bond donors (Lipinski definition) is 1. The molecule has 1 aliphatic rings. The van der Waals surface area contributed by atoms with Crippen molar-refractivity contribution in [3.8, 4) is 0 Å². The molecule has 0 aliphatic heterocycles. The van der Waals surface area contributed by atoms with Crippen molar-refractivity contribution < 1.29 is 0 Å². The number of anilines is 1. The van der Waals surface area contributed by atoms with Crippen LogP contribution in [0.2, 0.25) is 0 Å². The highest BCUT2D eigenvalue weighted by molar-refractivity contribution is 5.30. The summed E-state index contributed by atoms with van der Waals surface area (Å²) in [4.78, 5) is 4.62. The first kappa shape index (κ1) is 13.4. The zero-order valence-electron chi connectivity index (χ0n) is 12.2. The lowest BCUT2D eigenvalue weighted by atomic mass is 9.84. The van der Waals surface area contributed by atoms with Crippen molar-refractivity contribution in [1.29, 1.82) is 0 Å². The maximum atomic E-state index is 4.62. The van der Waals surface area contributed by atoms with Gasteiger partial charge in [-0.3, -0.25) is 0 Å². The molecule has 102 valence electrons. The van der Waals surface area contributed by atoms with E-state index in [4.69, 9.17) is 0 Å². The molecule has 3 heteroatoms. The molecule has 3 nitrogen and oxygen atoms in total. The van der Waals surface area contributed by atoms with Gasteiger partial charge in [0.1, 0.15) is 0 Å². The summed E-state index contributed by atoms with van der Waals surface area (Å²) in [6.07, 6.45) is 8.91. The molecule has 0 amide bonds. The number of aromatic nitrogens is 2. The lowest BCUT2D eigenvalue weighted by molar-refractivity contribution is 0.271. The molecule has 1 N–H and O–H groups in total.